The normalized spacial score (nSPS) is 11.5. The van der Waals surface area contributed by atoms with Crippen LogP contribution < -0.4 is 9.73 Å². The van der Waals surface area contributed by atoms with Crippen LogP contribution in [0.3, 0.4) is 0 Å². The molecule has 0 atom stereocenters. The minimum absolute atomic E-state index is 0.00776. The molecule has 0 aliphatic heterocycles. The number of amides is 1. The Labute approximate surface area is 195 Å². The van der Waals surface area contributed by atoms with E-state index in [1.165, 1.54) is 36.5 Å². The van der Waals surface area contributed by atoms with E-state index in [4.69, 9.17) is 34.8 Å². The fourth-order valence-corrected chi connectivity index (χ4v) is 4.83. The van der Waals surface area contributed by atoms with Crippen LogP contribution in [0.1, 0.15) is 5.56 Å². The number of carbonyl (C=O) groups is 1. The summed E-state index contributed by atoms with van der Waals surface area (Å²) in [5.41, 5.74) is 3.02. The first-order valence-electron chi connectivity index (χ1n) is 8.88. The second-order valence-corrected chi connectivity index (χ2v) is 9.35. The number of nitrogens with one attached hydrogen (secondary N) is 1. The number of nitrogens with zero attached hydrogens (tertiary/aromatic N) is 2. The summed E-state index contributed by atoms with van der Waals surface area (Å²) in [6.07, 6.45) is 1.37. The average Bonchev–Trinajstić information content (AvgIpc) is 2.74. The number of hydrogen-bond acceptors (Lipinski definition) is 4. The van der Waals surface area contributed by atoms with Crippen LogP contribution in [0.4, 0.5) is 5.69 Å². The number of carbonyl (C=O) groups excluding carboxylic acids is 1. The van der Waals surface area contributed by atoms with E-state index < -0.39 is 22.5 Å². The maximum atomic E-state index is 13.2. The number of halogens is 3. The Morgan fingerprint density at radius 2 is 1.61 bits per heavy atom. The van der Waals surface area contributed by atoms with Gasteiger partial charge in [-0.15, -0.1) is 0 Å². The maximum absolute atomic E-state index is 13.2. The minimum Gasteiger partial charge on any atom is -0.271 e. The first kappa shape index (κ1) is 23.1. The van der Waals surface area contributed by atoms with E-state index in [0.717, 1.165) is 4.31 Å². The van der Waals surface area contributed by atoms with Gasteiger partial charge in [0.15, 0.2) is 0 Å². The Hall–Kier alpha value is -2.58. The predicted octanol–water partition coefficient (Wildman–Crippen LogP) is 4.99. The Morgan fingerprint density at radius 1 is 0.935 bits per heavy atom. The molecule has 0 aromatic heterocycles. The number of benzene rings is 3. The molecule has 10 heteroatoms. The first-order valence-corrected chi connectivity index (χ1v) is 11.5. The molecule has 3 aromatic carbocycles. The Kier molecular flexibility index (Phi) is 7.56. The van der Waals surface area contributed by atoms with Crippen molar-refractivity contribution in [3.05, 3.63) is 93.4 Å². The Balaban J connectivity index is 1.88. The van der Waals surface area contributed by atoms with Crippen molar-refractivity contribution in [2.24, 2.45) is 5.10 Å². The van der Waals surface area contributed by atoms with Crippen LogP contribution in [0.15, 0.2) is 82.8 Å². The summed E-state index contributed by atoms with van der Waals surface area (Å²) in [5, 5.41) is 4.73. The van der Waals surface area contributed by atoms with Gasteiger partial charge in [0.05, 0.1) is 21.8 Å². The molecule has 0 bridgehead atoms. The second kappa shape index (κ2) is 10.2. The van der Waals surface area contributed by atoms with Crippen molar-refractivity contribution in [2.75, 3.05) is 10.8 Å². The molecule has 0 aliphatic carbocycles. The van der Waals surface area contributed by atoms with E-state index in [1.807, 2.05) is 0 Å². The molecule has 6 nitrogen and oxygen atoms in total. The third kappa shape index (κ3) is 5.77. The average molecular weight is 497 g/mol. The van der Waals surface area contributed by atoms with Gasteiger partial charge in [0.25, 0.3) is 15.9 Å². The molecule has 0 radical (unpaired) electrons. The second-order valence-electron chi connectivity index (χ2n) is 6.24. The van der Waals surface area contributed by atoms with Gasteiger partial charge in [0.2, 0.25) is 0 Å². The van der Waals surface area contributed by atoms with Crippen LogP contribution >= 0.6 is 34.8 Å². The summed E-state index contributed by atoms with van der Waals surface area (Å²) in [6, 6.07) is 19.0. The van der Waals surface area contributed by atoms with Crippen molar-refractivity contribution in [3.8, 4) is 0 Å². The zero-order valence-corrected chi connectivity index (χ0v) is 19.0. The minimum atomic E-state index is -4.10. The lowest BCUT2D eigenvalue weighted by atomic mass is 10.2. The van der Waals surface area contributed by atoms with Crippen LogP contribution in [-0.2, 0) is 14.8 Å². The lowest BCUT2D eigenvalue weighted by Gasteiger charge is -2.24. The standard InChI is InChI=1S/C21H16Cl3N3O3S/c22-16-10-11-20(19(24)12-16)27(31(29,30)17-7-2-1-3-8-17)14-21(28)26-25-13-15-6-4-5-9-18(15)23/h1-13H,14H2,(H,26,28)/b25-13-. The van der Waals surface area contributed by atoms with Gasteiger partial charge >= 0.3 is 0 Å². The highest BCUT2D eigenvalue weighted by Gasteiger charge is 2.28. The summed E-state index contributed by atoms with van der Waals surface area (Å²) in [6.45, 7) is -0.557. The van der Waals surface area contributed by atoms with Gasteiger partial charge in [-0.2, -0.15) is 5.10 Å². The number of hydrazone groups is 1. The van der Waals surface area contributed by atoms with Gasteiger partial charge in [0, 0.05) is 15.6 Å². The van der Waals surface area contributed by atoms with Crippen LogP contribution in [-0.4, -0.2) is 27.1 Å². The van der Waals surface area contributed by atoms with Crippen LogP contribution in [0.25, 0.3) is 0 Å². The fraction of sp³-hybridized carbons (Fsp3) is 0.0476. The molecule has 0 saturated carbocycles. The van der Waals surface area contributed by atoms with Gasteiger partial charge in [-0.3, -0.25) is 9.10 Å². The predicted molar refractivity (Wildman–Crippen MR) is 125 cm³/mol. The topological polar surface area (TPSA) is 78.8 Å². The summed E-state index contributed by atoms with van der Waals surface area (Å²) >= 11 is 18.2. The van der Waals surface area contributed by atoms with Gasteiger partial charge in [0.1, 0.15) is 6.54 Å². The van der Waals surface area contributed by atoms with Crippen molar-refractivity contribution in [2.45, 2.75) is 4.90 Å². The molecular formula is C21H16Cl3N3O3S. The number of sulfonamides is 1. The van der Waals surface area contributed by atoms with Gasteiger partial charge < -0.3 is 0 Å². The number of hydrogen-bond donors (Lipinski definition) is 1. The highest BCUT2D eigenvalue weighted by atomic mass is 35.5. The first-order chi connectivity index (χ1) is 14.8. The van der Waals surface area contributed by atoms with Gasteiger partial charge in [-0.05, 0) is 36.4 Å². The zero-order valence-electron chi connectivity index (χ0n) is 15.9. The van der Waals surface area contributed by atoms with E-state index in [-0.39, 0.29) is 15.6 Å². The number of rotatable bonds is 7. The Bertz CT molecular complexity index is 1220. The number of anilines is 1. The SMILES string of the molecule is O=C(CN(c1ccc(Cl)cc1Cl)S(=O)(=O)c1ccccc1)N/N=C\c1ccccc1Cl. The van der Waals surface area contributed by atoms with E-state index >= 15 is 0 Å². The molecular weight excluding hydrogens is 481 g/mol. The Morgan fingerprint density at radius 3 is 2.29 bits per heavy atom. The monoisotopic (exact) mass is 495 g/mol. The van der Waals surface area contributed by atoms with Crippen LogP contribution in [0.5, 0.6) is 0 Å². The van der Waals surface area contributed by atoms with Crippen molar-refractivity contribution in [1.82, 2.24) is 5.43 Å². The quantitative estimate of drug-likeness (QED) is 0.370. The highest BCUT2D eigenvalue weighted by molar-refractivity contribution is 7.92. The van der Waals surface area contributed by atoms with E-state index in [1.54, 1.807) is 42.5 Å². The molecule has 0 unspecified atom stereocenters. The molecule has 0 heterocycles. The van der Waals surface area contributed by atoms with Crippen molar-refractivity contribution >= 4 is 62.6 Å². The molecule has 1 N–H and O–H groups in total. The molecule has 0 spiro atoms. The summed E-state index contributed by atoms with van der Waals surface area (Å²) < 4.78 is 27.4. The lowest BCUT2D eigenvalue weighted by Crippen LogP contribution is -2.39. The molecule has 31 heavy (non-hydrogen) atoms. The maximum Gasteiger partial charge on any atom is 0.264 e. The molecule has 1 amide bonds. The van der Waals surface area contributed by atoms with Crippen LogP contribution in [0, 0.1) is 0 Å². The van der Waals surface area contributed by atoms with E-state index in [2.05, 4.69) is 10.5 Å². The largest absolute Gasteiger partial charge is 0.271 e. The molecule has 160 valence electrons. The molecule has 0 saturated heterocycles. The van der Waals surface area contributed by atoms with E-state index in [0.29, 0.717) is 15.6 Å². The molecule has 0 aliphatic rings. The molecule has 3 rings (SSSR count). The van der Waals surface area contributed by atoms with Gasteiger partial charge in [-0.25, -0.2) is 13.8 Å². The molecule has 0 fully saturated rings. The summed E-state index contributed by atoms with van der Waals surface area (Å²) in [7, 11) is -4.10. The van der Waals surface area contributed by atoms with Crippen molar-refractivity contribution < 1.29 is 13.2 Å². The third-order valence-corrected chi connectivity index (χ3v) is 6.75. The smallest absolute Gasteiger partial charge is 0.264 e. The third-order valence-electron chi connectivity index (χ3n) is 4.09. The zero-order chi connectivity index (χ0) is 22.4. The van der Waals surface area contributed by atoms with Crippen molar-refractivity contribution in [3.63, 3.8) is 0 Å². The van der Waals surface area contributed by atoms with Gasteiger partial charge in [-0.1, -0.05) is 71.2 Å². The lowest BCUT2D eigenvalue weighted by molar-refractivity contribution is -0.119. The van der Waals surface area contributed by atoms with Crippen LogP contribution in [0.2, 0.25) is 15.1 Å². The highest BCUT2D eigenvalue weighted by Crippen LogP contribution is 2.32. The van der Waals surface area contributed by atoms with Crippen molar-refractivity contribution in [1.29, 1.82) is 0 Å². The summed E-state index contributed by atoms with van der Waals surface area (Å²) in [5.74, 6) is -0.672. The fourth-order valence-electron chi connectivity index (χ4n) is 2.62. The van der Waals surface area contributed by atoms with E-state index in [9.17, 15) is 13.2 Å². The summed E-state index contributed by atoms with van der Waals surface area (Å²) in [4.78, 5) is 12.5. The molecule has 3 aromatic rings.